The lowest BCUT2D eigenvalue weighted by molar-refractivity contribution is -0.124. The summed E-state index contributed by atoms with van der Waals surface area (Å²) in [6.07, 6.45) is 3.96. The van der Waals surface area contributed by atoms with Gasteiger partial charge in [-0.15, -0.1) is 0 Å². The van der Waals surface area contributed by atoms with E-state index in [1.54, 1.807) is 0 Å². The van der Waals surface area contributed by atoms with E-state index in [0.717, 1.165) is 29.6 Å². The van der Waals surface area contributed by atoms with Gasteiger partial charge in [-0.05, 0) is 36.7 Å². The maximum Gasteiger partial charge on any atom is 0.259 e. The van der Waals surface area contributed by atoms with E-state index in [-0.39, 0.29) is 22.6 Å². The Kier molecular flexibility index (Phi) is 2.16. The number of nitrogens with zero attached hydrogens (tertiary/aromatic N) is 1. The second-order valence-electron chi connectivity index (χ2n) is 6.46. The first-order valence-electron chi connectivity index (χ1n) is 6.45. The van der Waals surface area contributed by atoms with Crippen molar-refractivity contribution in [3.63, 3.8) is 0 Å². The Morgan fingerprint density at radius 2 is 2.11 bits per heavy atom. The minimum atomic E-state index is -3.46. The van der Waals surface area contributed by atoms with Crippen molar-refractivity contribution in [1.82, 2.24) is 4.31 Å². The first kappa shape index (κ1) is 12.2. The average Bonchev–Trinajstić information content (AvgIpc) is 2.74. The molecular weight excluding hydrogens is 250 g/mol. The zero-order valence-electron chi connectivity index (χ0n) is 10.8. The Balaban J connectivity index is 2.14. The fourth-order valence-electron chi connectivity index (χ4n) is 4.67. The molecule has 3 rings (SSSR count). The molecule has 18 heavy (non-hydrogen) atoms. The molecule has 1 amide bonds. The molecule has 2 saturated carbocycles. The molecule has 0 aromatic carbocycles. The zero-order valence-corrected chi connectivity index (χ0v) is 11.7. The molecule has 3 fully saturated rings. The Morgan fingerprint density at radius 1 is 1.44 bits per heavy atom. The van der Waals surface area contributed by atoms with E-state index in [4.69, 9.17) is 0 Å². The fourth-order valence-corrected chi connectivity index (χ4v) is 7.19. The van der Waals surface area contributed by atoms with E-state index < -0.39 is 15.9 Å². The van der Waals surface area contributed by atoms with Crippen LogP contribution >= 0.6 is 0 Å². The van der Waals surface area contributed by atoms with E-state index in [9.17, 15) is 13.2 Å². The summed E-state index contributed by atoms with van der Waals surface area (Å²) in [4.78, 5) is 11.9. The van der Waals surface area contributed by atoms with Gasteiger partial charge < -0.3 is 0 Å². The number of fused-ring (bicyclic) bond motifs is 1. The number of rotatable bonds is 1. The van der Waals surface area contributed by atoms with Crippen LogP contribution in [-0.2, 0) is 14.8 Å². The van der Waals surface area contributed by atoms with Crippen LogP contribution in [0.5, 0.6) is 0 Å². The number of hydrogen-bond acceptors (Lipinski definition) is 3. The molecule has 0 N–H and O–H groups in total. The summed E-state index contributed by atoms with van der Waals surface area (Å²) in [6, 6.07) is -0.137. The SMILES string of the molecule is C=CC(=O)N1[C@H]2CC3CCC2(CS1(=O)=O)C3(C)C. The Morgan fingerprint density at radius 3 is 2.67 bits per heavy atom. The molecule has 5 heteroatoms. The quantitative estimate of drug-likeness (QED) is 0.678. The van der Waals surface area contributed by atoms with Crippen molar-refractivity contribution in [3.05, 3.63) is 12.7 Å². The number of amides is 1. The minimum Gasteiger partial charge on any atom is -0.269 e. The van der Waals surface area contributed by atoms with Crippen LogP contribution in [0, 0.1) is 16.7 Å². The summed E-state index contributed by atoms with van der Waals surface area (Å²) in [7, 11) is -3.46. The molecule has 2 aliphatic carbocycles. The van der Waals surface area contributed by atoms with Crippen molar-refractivity contribution in [2.45, 2.75) is 39.2 Å². The highest BCUT2D eigenvalue weighted by Crippen LogP contribution is 2.69. The standard InChI is InChI=1S/C13H19NO3S/c1-4-11(15)14-10-7-9-5-6-13(10,12(9,2)3)8-18(14,16)17/h4,9-10H,1,5-8H2,2-3H3/t9?,10-,13?/m0/s1. The van der Waals surface area contributed by atoms with Gasteiger partial charge in [0.1, 0.15) is 0 Å². The van der Waals surface area contributed by atoms with Crippen LogP contribution in [0.1, 0.15) is 33.1 Å². The van der Waals surface area contributed by atoms with Crippen LogP contribution in [0.4, 0.5) is 0 Å². The third-order valence-corrected chi connectivity index (χ3v) is 7.72. The highest BCUT2D eigenvalue weighted by atomic mass is 32.2. The molecule has 3 aliphatic rings. The summed E-state index contributed by atoms with van der Waals surface area (Å²) in [5, 5.41) is 0. The largest absolute Gasteiger partial charge is 0.269 e. The van der Waals surface area contributed by atoms with E-state index >= 15 is 0 Å². The van der Waals surface area contributed by atoms with Crippen molar-refractivity contribution in [2.75, 3.05) is 5.75 Å². The Bertz CT molecular complexity index is 536. The minimum absolute atomic E-state index is 0.0148. The topological polar surface area (TPSA) is 54.5 Å². The molecule has 2 bridgehead atoms. The molecule has 0 aromatic rings. The maximum atomic E-state index is 12.3. The van der Waals surface area contributed by atoms with Crippen molar-refractivity contribution in [1.29, 1.82) is 0 Å². The average molecular weight is 269 g/mol. The van der Waals surface area contributed by atoms with Gasteiger partial charge in [-0.2, -0.15) is 0 Å². The first-order valence-corrected chi connectivity index (χ1v) is 8.06. The molecule has 1 saturated heterocycles. The van der Waals surface area contributed by atoms with Gasteiger partial charge in [0.05, 0.1) is 11.8 Å². The third-order valence-electron chi connectivity index (χ3n) is 5.80. The Labute approximate surface area is 108 Å². The van der Waals surface area contributed by atoms with Gasteiger partial charge >= 0.3 is 0 Å². The molecule has 4 nitrogen and oxygen atoms in total. The molecule has 2 unspecified atom stereocenters. The molecule has 1 aliphatic heterocycles. The summed E-state index contributed by atoms with van der Waals surface area (Å²) < 4.78 is 25.7. The predicted octanol–water partition coefficient (Wildman–Crippen LogP) is 1.54. The van der Waals surface area contributed by atoms with Gasteiger partial charge in [0.15, 0.2) is 0 Å². The highest BCUT2D eigenvalue weighted by Gasteiger charge is 2.72. The van der Waals surface area contributed by atoms with Crippen molar-refractivity contribution in [3.8, 4) is 0 Å². The van der Waals surface area contributed by atoms with E-state index in [1.807, 2.05) is 0 Å². The van der Waals surface area contributed by atoms with Gasteiger partial charge in [0.25, 0.3) is 5.91 Å². The van der Waals surface area contributed by atoms with Gasteiger partial charge in [-0.1, -0.05) is 20.4 Å². The third kappa shape index (κ3) is 1.12. The van der Waals surface area contributed by atoms with E-state index in [1.165, 1.54) is 0 Å². The molecule has 3 atom stereocenters. The molecule has 1 spiro atoms. The van der Waals surface area contributed by atoms with Gasteiger partial charge in [0.2, 0.25) is 10.0 Å². The lowest BCUT2D eigenvalue weighted by Gasteiger charge is -2.36. The smallest absolute Gasteiger partial charge is 0.259 e. The van der Waals surface area contributed by atoms with E-state index in [0.29, 0.717) is 5.92 Å². The second-order valence-corrected chi connectivity index (χ2v) is 8.31. The summed E-state index contributed by atoms with van der Waals surface area (Å²) in [5.41, 5.74) is -0.212. The lowest BCUT2D eigenvalue weighted by atomic mass is 9.69. The van der Waals surface area contributed by atoms with Crippen LogP contribution in [0.25, 0.3) is 0 Å². The maximum absolute atomic E-state index is 12.3. The van der Waals surface area contributed by atoms with Crippen molar-refractivity contribution >= 4 is 15.9 Å². The molecule has 1 heterocycles. The van der Waals surface area contributed by atoms with Crippen LogP contribution in [-0.4, -0.2) is 30.4 Å². The summed E-state index contributed by atoms with van der Waals surface area (Å²) in [5.74, 6) is 0.214. The van der Waals surface area contributed by atoms with Gasteiger partial charge in [-0.25, -0.2) is 12.7 Å². The van der Waals surface area contributed by atoms with Crippen molar-refractivity contribution in [2.24, 2.45) is 16.7 Å². The fraction of sp³-hybridized carbons (Fsp3) is 0.769. The van der Waals surface area contributed by atoms with Gasteiger partial charge in [-0.3, -0.25) is 4.79 Å². The van der Waals surface area contributed by atoms with Crippen LogP contribution in [0.3, 0.4) is 0 Å². The van der Waals surface area contributed by atoms with Crippen molar-refractivity contribution < 1.29 is 13.2 Å². The number of carbonyl (C=O) groups excluding carboxylic acids is 1. The lowest BCUT2D eigenvalue weighted by Crippen LogP contribution is -2.43. The second kappa shape index (κ2) is 3.18. The van der Waals surface area contributed by atoms with Gasteiger partial charge in [0, 0.05) is 5.41 Å². The molecule has 0 aromatic heterocycles. The zero-order chi connectivity index (χ0) is 13.3. The monoisotopic (exact) mass is 269 g/mol. The normalized spacial score (nSPS) is 42.9. The Hall–Kier alpha value is -0.840. The molecular formula is C13H19NO3S. The van der Waals surface area contributed by atoms with Crippen LogP contribution in [0.2, 0.25) is 0 Å². The van der Waals surface area contributed by atoms with Crippen LogP contribution < -0.4 is 0 Å². The molecule has 0 radical (unpaired) electrons. The number of sulfonamides is 1. The predicted molar refractivity (Wildman–Crippen MR) is 68.2 cm³/mol. The first-order chi connectivity index (χ1) is 8.26. The highest BCUT2D eigenvalue weighted by molar-refractivity contribution is 7.90. The number of hydrogen-bond donors (Lipinski definition) is 0. The van der Waals surface area contributed by atoms with E-state index in [2.05, 4.69) is 20.4 Å². The number of carbonyl (C=O) groups is 1. The summed E-state index contributed by atoms with van der Waals surface area (Å²) >= 11 is 0. The molecule has 100 valence electrons. The van der Waals surface area contributed by atoms with Crippen LogP contribution in [0.15, 0.2) is 12.7 Å². The summed E-state index contributed by atoms with van der Waals surface area (Å²) in [6.45, 7) is 7.76.